The smallest absolute Gasteiger partial charge is 0.318 e. The van der Waals surface area contributed by atoms with Gasteiger partial charge in [-0.3, -0.25) is 9.78 Å². The molecule has 3 aromatic rings. The summed E-state index contributed by atoms with van der Waals surface area (Å²) >= 11 is 0. The molecule has 3 aromatic heterocycles. The van der Waals surface area contributed by atoms with Gasteiger partial charge >= 0.3 is 6.18 Å². The van der Waals surface area contributed by atoms with Gasteiger partial charge in [-0.15, -0.1) is 0 Å². The molecule has 1 amide bonds. The largest absolute Gasteiger partial charge is 0.431 e. The average molecular weight is 387 g/mol. The van der Waals surface area contributed by atoms with Gasteiger partial charge < -0.3 is 5.32 Å². The summed E-state index contributed by atoms with van der Waals surface area (Å²) in [5.41, 5.74) is 2.22. The van der Waals surface area contributed by atoms with Crippen molar-refractivity contribution in [1.82, 2.24) is 24.9 Å². The number of fused-ring (bicyclic) bond motifs is 1. The van der Waals surface area contributed by atoms with Crippen molar-refractivity contribution >= 4 is 11.6 Å². The summed E-state index contributed by atoms with van der Waals surface area (Å²) in [6.45, 7) is 3.64. The number of aryl methyl sites for hydroxylation is 2. The maximum Gasteiger partial charge on any atom is 0.431 e. The van der Waals surface area contributed by atoms with Gasteiger partial charge in [-0.1, -0.05) is 0 Å². The normalized spacial score (nSPS) is 13.7. The van der Waals surface area contributed by atoms with Crippen LogP contribution in [-0.4, -0.2) is 31.7 Å². The lowest BCUT2D eigenvalue weighted by Crippen LogP contribution is -2.31. The van der Waals surface area contributed by atoms with Gasteiger partial charge in [0.25, 0.3) is 5.91 Å². The standard InChI is InChI=1S/C19H16F3N5O/c1-10-3-4-13(8-23-10)15-7-11(2)27-17(25-15)14(9-24-27)18(28)26-16(12-5-6-12)19(20,21)22/h3-4,7-9H,5-6H2,1-2H3,(H,26,28). The molecule has 0 atom stereocenters. The fourth-order valence-corrected chi connectivity index (χ4v) is 2.89. The van der Waals surface area contributed by atoms with E-state index in [1.54, 1.807) is 19.2 Å². The van der Waals surface area contributed by atoms with Crippen molar-refractivity contribution < 1.29 is 18.0 Å². The molecule has 1 saturated carbocycles. The van der Waals surface area contributed by atoms with Crippen molar-refractivity contribution in [2.24, 2.45) is 0 Å². The zero-order valence-corrected chi connectivity index (χ0v) is 15.1. The number of rotatable bonds is 3. The van der Waals surface area contributed by atoms with Crippen molar-refractivity contribution in [2.75, 3.05) is 0 Å². The zero-order chi connectivity index (χ0) is 20.1. The van der Waals surface area contributed by atoms with E-state index in [4.69, 9.17) is 0 Å². The summed E-state index contributed by atoms with van der Waals surface area (Å²) in [5, 5.41) is 6.11. The molecular weight excluding hydrogens is 371 g/mol. The van der Waals surface area contributed by atoms with Gasteiger partial charge in [0.05, 0.1) is 11.9 Å². The Bertz CT molecular complexity index is 1110. The molecule has 1 aliphatic rings. The minimum Gasteiger partial charge on any atom is -0.318 e. The molecule has 0 radical (unpaired) electrons. The van der Waals surface area contributed by atoms with E-state index < -0.39 is 17.8 Å². The molecule has 0 spiro atoms. The monoisotopic (exact) mass is 387 g/mol. The number of alkyl halides is 3. The third kappa shape index (κ3) is 3.35. The molecule has 0 aromatic carbocycles. The van der Waals surface area contributed by atoms with Gasteiger partial charge in [-0.2, -0.15) is 18.3 Å². The number of carbonyl (C=O) groups is 1. The minimum absolute atomic E-state index is 0.0204. The first-order valence-electron chi connectivity index (χ1n) is 8.63. The maximum atomic E-state index is 13.2. The zero-order valence-electron chi connectivity index (χ0n) is 15.1. The predicted octanol–water partition coefficient (Wildman–Crippen LogP) is 3.75. The third-order valence-electron chi connectivity index (χ3n) is 4.48. The van der Waals surface area contributed by atoms with Crippen LogP contribution in [0.15, 0.2) is 41.9 Å². The SMILES string of the molecule is Cc1ccc(-c2cc(C)n3ncc(C(=O)NC(=C4CC4)C(F)(F)F)c3n2)cn1. The second kappa shape index (κ2) is 6.43. The highest BCUT2D eigenvalue weighted by atomic mass is 19.4. The van der Waals surface area contributed by atoms with Crippen molar-refractivity contribution in [3.8, 4) is 11.3 Å². The molecule has 1 fully saturated rings. The number of pyridine rings is 1. The molecule has 0 saturated heterocycles. The highest BCUT2D eigenvalue weighted by Crippen LogP contribution is 2.38. The van der Waals surface area contributed by atoms with E-state index >= 15 is 0 Å². The Balaban J connectivity index is 1.75. The molecule has 1 aliphatic carbocycles. The first-order valence-corrected chi connectivity index (χ1v) is 8.63. The molecular formula is C19H16F3N5O. The van der Waals surface area contributed by atoms with Crippen molar-refractivity contribution in [3.63, 3.8) is 0 Å². The second-order valence-corrected chi connectivity index (χ2v) is 6.70. The van der Waals surface area contributed by atoms with Crippen molar-refractivity contribution in [2.45, 2.75) is 32.9 Å². The van der Waals surface area contributed by atoms with Gasteiger partial charge in [-0.25, -0.2) is 9.50 Å². The predicted molar refractivity (Wildman–Crippen MR) is 95.5 cm³/mol. The van der Waals surface area contributed by atoms with Gasteiger partial charge in [0.2, 0.25) is 0 Å². The lowest BCUT2D eigenvalue weighted by molar-refractivity contribution is -0.0961. The Kier molecular flexibility index (Phi) is 4.17. The number of hydrogen-bond donors (Lipinski definition) is 1. The van der Waals surface area contributed by atoms with E-state index in [1.165, 1.54) is 10.7 Å². The number of aromatic nitrogens is 4. The molecule has 9 heteroatoms. The van der Waals surface area contributed by atoms with Gasteiger partial charge in [0.15, 0.2) is 5.65 Å². The van der Waals surface area contributed by atoms with Crippen LogP contribution in [-0.2, 0) is 0 Å². The molecule has 4 rings (SSSR count). The van der Waals surface area contributed by atoms with Crippen LogP contribution in [0.1, 0.15) is 34.6 Å². The molecule has 1 N–H and O–H groups in total. The highest BCUT2D eigenvalue weighted by Gasteiger charge is 2.40. The Morgan fingerprint density at radius 1 is 1.18 bits per heavy atom. The minimum atomic E-state index is -4.60. The van der Waals surface area contributed by atoms with E-state index in [0.29, 0.717) is 24.2 Å². The Morgan fingerprint density at radius 2 is 1.93 bits per heavy atom. The first kappa shape index (κ1) is 18.1. The highest BCUT2D eigenvalue weighted by molar-refractivity contribution is 6.01. The summed E-state index contributed by atoms with van der Waals surface area (Å²) in [4.78, 5) is 21.2. The van der Waals surface area contributed by atoms with Crippen LogP contribution in [0.3, 0.4) is 0 Å². The number of nitrogens with one attached hydrogen (secondary N) is 1. The quantitative estimate of drug-likeness (QED) is 0.743. The Labute approximate surface area is 158 Å². The van der Waals surface area contributed by atoms with E-state index in [1.807, 2.05) is 24.4 Å². The van der Waals surface area contributed by atoms with Crippen LogP contribution in [0.25, 0.3) is 16.9 Å². The fraction of sp³-hybridized carbons (Fsp3) is 0.263. The lowest BCUT2D eigenvalue weighted by Gasteiger charge is -2.12. The second-order valence-electron chi connectivity index (χ2n) is 6.70. The first-order chi connectivity index (χ1) is 13.2. The molecule has 28 heavy (non-hydrogen) atoms. The summed E-state index contributed by atoms with van der Waals surface area (Å²) in [5.74, 6) is -0.882. The number of halogens is 3. The van der Waals surface area contributed by atoms with E-state index in [-0.39, 0.29) is 16.8 Å². The summed E-state index contributed by atoms with van der Waals surface area (Å²) < 4.78 is 41.0. The van der Waals surface area contributed by atoms with Crippen LogP contribution in [0.2, 0.25) is 0 Å². The van der Waals surface area contributed by atoms with Crippen LogP contribution < -0.4 is 5.32 Å². The van der Waals surface area contributed by atoms with Crippen LogP contribution >= 0.6 is 0 Å². The Hall–Kier alpha value is -3.23. The van der Waals surface area contributed by atoms with Crippen molar-refractivity contribution in [1.29, 1.82) is 0 Å². The number of amides is 1. The van der Waals surface area contributed by atoms with Crippen LogP contribution in [0.4, 0.5) is 13.2 Å². The molecule has 144 valence electrons. The van der Waals surface area contributed by atoms with Gasteiger partial charge in [0, 0.05) is 23.1 Å². The molecule has 6 nitrogen and oxygen atoms in total. The summed E-state index contributed by atoms with van der Waals surface area (Å²) in [6, 6.07) is 5.45. The topological polar surface area (TPSA) is 72.2 Å². The third-order valence-corrected chi connectivity index (χ3v) is 4.48. The molecule has 0 unspecified atom stereocenters. The number of allylic oxidation sites excluding steroid dienone is 2. The lowest BCUT2D eigenvalue weighted by atomic mass is 10.1. The number of carbonyl (C=O) groups excluding carboxylic acids is 1. The maximum absolute atomic E-state index is 13.2. The van der Waals surface area contributed by atoms with Gasteiger partial charge in [0.1, 0.15) is 11.3 Å². The van der Waals surface area contributed by atoms with Crippen LogP contribution in [0, 0.1) is 13.8 Å². The molecule has 0 aliphatic heterocycles. The van der Waals surface area contributed by atoms with E-state index in [0.717, 1.165) is 11.3 Å². The summed E-state index contributed by atoms with van der Waals surface area (Å²) in [6.07, 6.45) is -1.04. The van der Waals surface area contributed by atoms with Crippen molar-refractivity contribution in [3.05, 3.63) is 58.8 Å². The van der Waals surface area contributed by atoms with Crippen LogP contribution in [0.5, 0.6) is 0 Å². The number of hydrogen-bond acceptors (Lipinski definition) is 4. The van der Waals surface area contributed by atoms with E-state index in [9.17, 15) is 18.0 Å². The summed E-state index contributed by atoms with van der Waals surface area (Å²) in [7, 11) is 0. The average Bonchev–Trinajstić information content (AvgIpc) is 3.37. The Morgan fingerprint density at radius 3 is 2.54 bits per heavy atom. The van der Waals surface area contributed by atoms with Gasteiger partial charge in [-0.05, 0) is 50.5 Å². The molecule has 0 bridgehead atoms. The number of nitrogens with zero attached hydrogens (tertiary/aromatic N) is 4. The fourth-order valence-electron chi connectivity index (χ4n) is 2.89. The molecule has 3 heterocycles. The van der Waals surface area contributed by atoms with E-state index in [2.05, 4.69) is 15.1 Å².